The quantitative estimate of drug-likeness (QED) is 0.505. The zero-order chi connectivity index (χ0) is 25.2. The van der Waals surface area contributed by atoms with E-state index in [1.807, 2.05) is 52.0 Å². The molecule has 2 aliphatic rings. The minimum atomic E-state index is -3.61. The summed E-state index contributed by atoms with van der Waals surface area (Å²) >= 11 is 0. The van der Waals surface area contributed by atoms with E-state index in [4.69, 9.17) is 4.74 Å². The summed E-state index contributed by atoms with van der Waals surface area (Å²) in [4.78, 5) is 19.8. The van der Waals surface area contributed by atoms with Crippen molar-refractivity contribution in [1.29, 1.82) is 0 Å². The highest BCUT2D eigenvalue weighted by Crippen LogP contribution is 2.37. The Labute approximate surface area is 209 Å². The van der Waals surface area contributed by atoms with E-state index < -0.39 is 15.6 Å². The fraction of sp³-hybridized carbons (Fsp3) is 0.556. The van der Waals surface area contributed by atoms with Crippen LogP contribution in [-0.4, -0.2) is 42.0 Å². The third kappa shape index (κ3) is 5.86. The van der Waals surface area contributed by atoms with Crippen molar-refractivity contribution in [3.8, 4) is 0 Å². The zero-order valence-electron chi connectivity index (χ0n) is 21.2. The number of aryl methyl sites for hydroxylation is 1. The number of hydrogen-bond acceptors (Lipinski definition) is 5. The fourth-order valence-corrected chi connectivity index (χ4v) is 6.71. The van der Waals surface area contributed by atoms with Crippen LogP contribution >= 0.6 is 0 Å². The standard InChI is InChI=1S/C27H37N3O4S/c1-20-12-15-23(16-13-20)35(32,33)29-18-8-11-24(29)21-14-17-25(28-19-21)30(22-9-6-5-7-10-22)26(31)34-27(2,3)4/h12-17,19,22,24H,5-11,18H2,1-4H3/t24-/m1/s1. The van der Waals surface area contributed by atoms with Crippen LogP contribution in [0.2, 0.25) is 0 Å². The highest BCUT2D eigenvalue weighted by molar-refractivity contribution is 7.89. The maximum absolute atomic E-state index is 13.4. The van der Waals surface area contributed by atoms with Crippen LogP contribution in [0.3, 0.4) is 0 Å². The number of ether oxygens (including phenoxy) is 1. The van der Waals surface area contributed by atoms with E-state index >= 15 is 0 Å². The van der Waals surface area contributed by atoms with Gasteiger partial charge in [0.15, 0.2) is 0 Å². The average molecular weight is 500 g/mol. The van der Waals surface area contributed by atoms with Crippen molar-refractivity contribution < 1.29 is 17.9 Å². The van der Waals surface area contributed by atoms with Gasteiger partial charge in [-0.25, -0.2) is 18.2 Å². The number of rotatable bonds is 5. The molecule has 1 aromatic heterocycles. The summed E-state index contributed by atoms with van der Waals surface area (Å²) in [6.07, 6.45) is 8.07. The molecule has 0 radical (unpaired) electrons. The predicted octanol–water partition coefficient (Wildman–Crippen LogP) is 5.99. The summed E-state index contributed by atoms with van der Waals surface area (Å²) in [6.45, 7) is 8.02. The number of carbonyl (C=O) groups is 1. The Balaban J connectivity index is 1.59. The number of hydrogen-bond donors (Lipinski definition) is 0. The van der Waals surface area contributed by atoms with Gasteiger partial charge in [-0.2, -0.15) is 4.31 Å². The van der Waals surface area contributed by atoms with Crippen molar-refractivity contribution in [3.63, 3.8) is 0 Å². The second kappa shape index (κ2) is 10.3. The van der Waals surface area contributed by atoms with E-state index in [0.29, 0.717) is 17.3 Å². The van der Waals surface area contributed by atoms with E-state index in [2.05, 4.69) is 4.98 Å². The normalized spacial score (nSPS) is 20.1. The van der Waals surface area contributed by atoms with E-state index in [-0.39, 0.29) is 18.2 Å². The Morgan fingerprint density at radius 1 is 1.00 bits per heavy atom. The predicted molar refractivity (Wildman–Crippen MR) is 137 cm³/mol. The monoisotopic (exact) mass is 499 g/mol. The first-order valence-corrected chi connectivity index (χ1v) is 14.1. The van der Waals surface area contributed by atoms with Crippen molar-refractivity contribution in [2.45, 2.75) is 95.2 Å². The molecule has 2 aromatic rings. The minimum absolute atomic E-state index is 0.0573. The van der Waals surface area contributed by atoms with Crippen LogP contribution in [0.25, 0.3) is 0 Å². The summed E-state index contributed by atoms with van der Waals surface area (Å²) in [5.74, 6) is 0.556. The smallest absolute Gasteiger partial charge is 0.416 e. The van der Waals surface area contributed by atoms with Crippen LogP contribution in [0.5, 0.6) is 0 Å². The van der Waals surface area contributed by atoms with Gasteiger partial charge < -0.3 is 4.74 Å². The summed E-state index contributed by atoms with van der Waals surface area (Å²) in [6, 6.07) is 10.5. The molecule has 0 N–H and O–H groups in total. The number of benzene rings is 1. The molecule has 1 atom stereocenters. The average Bonchev–Trinajstić information content (AvgIpc) is 3.31. The molecule has 2 fully saturated rings. The SMILES string of the molecule is Cc1ccc(S(=O)(=O)N2CCC[C@@H]2c2ccc(N(C(=O)OC(C)(C)C)C3CCCCC3)nc2)cc1. The third-order valence-corrected chi connectivity index (χ3v) is 8.69. The van der Waals surface area contributed by atoms with E-state index in [9.17, 15) is 13.2 Å². The number of sulfonamides is 1. The second-order valence-electron chi connectivity index (χ2n) is 10.7. The minimum Gasteiger partial charge on any atom is -0.443 e. The zero-order valence-corrected chi connectivity index (χ0v) is 22.1. The lowest BCUT2D eigenvalue weighted by molar-refractivity contribution is 0.0556. The van der Waals surface area contributed by atoms with Gasteiger partial charge >= 0.3 is 6.09 Å². The Hall–Kier alpha value is -2.45. The number of anilines is 1. The fourth-order valence-electron chi connectivity index (χ4n) is 5.02. The van der Waals surface area contributed by atoms with Crippen LogP contribution in [0.4, 0.5) is 10.6 Å². The molecule has 0 bridgehead atoms. The first-order chi connectivity index (χ1) is 16.6. The largest absolute Gasteiger partial charge is 0.443 e. The lowest BCUT2D eigenvalue weighted by Crippen LogP contribution is -2.45. The van der Waals surface area contributed by atoms with Crippen LogP contribution < -0.4 is 4.90 Å². The number of amides is 1. The lowest BCUT2D eigenvalue weighted by Gasteiger charge is -2.35. The molecule has 0 spiro atoms. The number of pyridine rings is 1. The molecule has 35 heavy (non-hydrogen) atoms. The van der Waals surface area contributed by atoms with E-state index in [1.54, 1.807) is 27.5 Å². The molecule has 4 rings (SSSR count). The van der Waals surface area contributed by atoms with E-state index in [1.165, 1.54) is 6.42 Å². The molecular weight excluding hydrogens is 462 g/mol. The maximum atomic E-state index is 13.4. The molecule has 1 saturated heterocycles. The summed E-state index contributed by atoms with van der Waals surface area (Å²) in [5, 5.41) is 0. The van der Waals surface area contributed by atoms with Crippen molar-refractivity contribution >= 4 is 21.9 Å². The summed E-state index contributed by atoms with van der Waals surface area (Å²) < 4.78 is 34.0. The third-order valence-electron chi connectivity index (χ3n) is 6.76. The molecule has 0 unspecified atom stereocenters. The van der Waals surface area contributed by atoms with Gasteiger partial charge in [-0.1, -0.05) is 43.0 Å². The molecule has 1 saturated carbocycles. The molecule has 2 heterocycles. The number of carbonyl (C=O) groups excluding carboxylic acids is 1. The maximum Gasteiger partial charge on any atom is 0.416 e. The van der Waals surface area contributed by atoms with Gasteiger partial charge in [0.25, 0.3) is 0 Å². The highest BCUT2D eigenvalue weighted by Gasteiger charge is 2.37. The topological polar surface area (TPSA) is 79.8 Å². The van der Waals surface area contributed by atoms with Gasteiger partial charge in [0.05, 0.1) is 10.9 Å². The summed E-state index contributed by atoms with van der Waals surface area (Å²) in [7, 11) is -3.61. The van der Waals surface area contributed by atoms with Gasteiger partial charge in [-0.3, -0.25) is 4.90 Å². The molecule has 8 heteroatoms. The Bertz CT molecular complexity index is 1120. The van der Waals surface area contributed by atoms with Gasteiger partial charge in [0.2, 0.25) is 10.0 Å². The van der Waals surface area contributed by atoms with Crippen molar-refractivity contribution in [3.05, 3.63) is 53.7 Å². The number of aromatic nitrogens is 1. The van der Waals surface area contributed by atoms with Crippen molar-refractivity contribution in [2.75, 3.05) is 11.4 Å². The lowest BCUT2D eigenvalue weighted by atomic mass is 9.94. The van der Waals surface area contributed by atoms with Gasteiger partial charge in [-0.15, -0.1) is 0 Å². The van der Waals surface area contributed by atoms with E-state index in [0.717, 1.165) is 49.7 Å². The molecule has 190 valence electrons. The van der Waals surface area contributed by atoms with Gasteiger partial charge in [-0.05, 0) is 77.1 Å². The molecule has 1 aromatic carbocycles. The van der Waals surface area contributed by atoms with Crippen LogP contribution in [-0.2, 0) is 14.8 Å². The van der Waals surface area contributed by atoms with Gasteiger partial charge in [0, 0.05) is 18.8 Å². The Morgan fingerprint density at radius 3 is 2.29 bits per heavy atom. The Morgan fingerprint density at radius 2 is 1.69 bits per heavy atom. The molecule has 1 aliphatic carbocycles. The second-order valence-corrected chi connectivity index (χ2v) is 12.6. The number of nitrogens with zero attached hydrogens (tertiary/aromatic N) is 3. The van der Waals surface area contributed by atoms with Crippen molar-refractivity contribution in [2.24, 2.45) is 0 Å². The molecule has 1 aliphatic heterocycles. The van der Waals surface area contributed by atoms with Crippen LogP contribution in [0.1, 0.15) is 82.9 Å². The first-order valence-electron chi connectivity index (χ1n) is 12.6. The van der Waals surface area contributed by atoms with Crippen molar-refractivity contribution in [1.82, 2.24) is 9.29 Å². The van der Waals surface area contributed by atoms with Crippen LogP contribution in [0.15, 0.2) is 47.5 Å². The Kier molecular flexibility index (Phi) is 7.52. The van der Waals surface area contributed by atoms with Crippen LogP contribution in [0, 0.1) is 6.92 Å². The highest BCUT2D eigenvalue weighted by atomic mass is 32.2. The van der Waals surface area contributed by atoms with Gasteiger partial charge in [0.1, 0.15) is 11.4 Å². The summed E-state index contributed by atoms with van der Waals surface area (Å²) in [5.41, 5.74) is 1.27. The molecule has 7 nitrogen and oxygen atoms in total. The molecule has 1 amide bonds. The molecular formula is C27H37N3O4S. The first kappa shape index (κ1) is 25.6.